The van der Waals surface area contributed by atoms with Crippen LogP contribution in [0.3, 0.4) is 0 Å². The maximum Gasteiger partial charge on any atom is -0.255 e. The Labute approximate surface area is 441 Å². The molecule has 0 aliphatic carbocycles. The molecule has 0 amide bonds. The van der Waals surface area contributed by atoms with Crippen molar-refractivity contribution >= 4 is 79.8 Å². The van der Waals surface area contributed by atoms with E-state index in [0.717, 1.165) is 92.2 Å². The second-order valence-electron chi connectivity index (χ2n) is 17.1. The summed E-state index contributed by atoms with van der Waals surface area (Å²) in [5.41, 5.74) is 4.58. The summed E-state index contributed by atoms with van der Waals surface area (Å²) in [6, 6.07) is 32.6. The predicted octanol–water partition coefficient (Wildman–Crippen LogP) is 5.58. The van der Waals surface area contributed by atoms with Gasteiger partial charge < -0.3 is 19.3 Å². The zero-order chi connectivity index (χ0) is 48.9. The Bertz CT molecular complexity index is 2360. The Morgan fingerprint density at radius 3 is 1.57 bits per heavy atom. The maximum atomic E-state index is 13.1. The molecule has 4 heterocycles. The molecule has 8 rings (SSSR count). The van der Waals surface area contributed by atoms with Crippen molar-refractivity contribution in [3.8, 4) is 11.5 Å². The van der Waals surface area contributed by atoms with Crippen LogP contribution in [0.25, 0.3) is 0 Å². The summed E-state index contributed by atoms with van der Waals surface area (Å²) in [7, 11) is -4.71. The standard InChI is InChI=1S/C24H32N2O4S2.C24H32N2O3S2.I3.H2O2/c1-30-23-7-8-24-22(18-23)19-26(13-15-31(24)27)32(28,29)16-14-25-11-9-21(10-12-25)17-20-5-3-2-4-6-20;1-29-23-7-8-24-22(18-23)19-26(13-15-30-24)31(27,28)16-14-25-11-9-21(10-12-25)17-20-5-3-2-4-6-20;1-3-2;1-2/h2-8,18,21H,9-17,19H2,1H3;2-8,18,21H,9-17,19H2,1H3;;1-2H/q;;-1;. The van der Waals surface area contributed by atoms with Crippen molar-refractivity contribution in [1.82, 2.24) is 18.4 Å². The molecule has 0 bridgehead atoms. The van der Waals surface area contributed by atoms with Gasteiger partial charge in [-0.3, -0.25) is 14.7 Å². The van der Waals surface area contributed by atoms with Gasteiger partial charge in [0.2, 0.25) is 20.0 Å². The molecule has 1 atom stereocenters. The quantitative estimate of drug-likeness (QED) is 0.0920. The summed E-state index contributed by atoms with van der Waals surface area (Å²) in [4.78, 5) is 6.46. The van der Waals surface area contributed by atoms with Crippen LogP contribution in [0.2, 0.25) is 0 Å². The molecule has 0 spiro atoms. The average molecular weight is 1350 g/mol. The Kier molecular flexibility index (Phi) is 25.6. The molecule has 1 unspecified atom stereocenters. The summed E-state index contributed by atoms with van der Waals surface area (Å²) >= 11 is 7.02. The molecule has 4 aromatic carbocycles. The van der Waals surface area contributed by atoms with Gasteiger partial charge in [0.1, 0.15) is 11.5 Å². The summed E-state index contributed by atoms with van der Waals surface area (Å²) in [5, 5.41) is 12.0. The number of hydrogen-bond acceptors (Lipinski definition) is 12. The first-order valence-corrected chi connectivity index (χ1v) is 40.9. The van der Waals surface area contributed by atoms with Gasteiger partial charge in [0.15, 0.2) is 0 Å². The normalized spacial score (nSPS) is 19.0. The van der Waals surface area contributed by atoms with Crippen LogP contribution >= 0.6 is 49.0 Å². The van der Waals surface area contributed by atoms with Gasteiger partial charge in [-0.2, -0.15) is 8.61 Å². The van der Waals surface area contributed by atoms with Gasteiger partial charge in [-0.15, -0.1) is 11.8 Å². The van der Waals surface area contributed by atoms with Crippen molar-refractivity contribution in [2.75, 3.05) is 89.6 Å². The summed E-state index contributed by atoms with van der Waals surface area (Å²) < 4.78 is 78.8. The van der Waals surface area contributed by atoms with E-state index in [1.165, 1.54) is 15.4 Å². The van der Waals surface area contributed by atoms with E-state index in [1.54, 1.807) is 48.5 Å². The Morgan fingerprint density at radius 1 is 0.647 bits per heavy atom. The molecule has 4 aromatic rings. The van der Waals surface area contributed by atoms with Gasteiger partial charge in [0.05, 0.1) is 36.5 Å². The molecule has 13 nitrogen and oxygen atoms in total. The minimum Gasteiger partial charge on any atom is -0.255 e. The number of nitrogens with zero attached hydrogens (tertiary/aromatic N) is 4. The van der Waals surface area contributed by atoms with Crippen LogP contribution in [0.5, 0.6) is 11.5 Å². The molecule has 2 saturated heterocycles. The molecule has 2 fully saturated rings. The summed E-state index contributed by atoms with van der Waals surface area (Å²) in [6.07, 6.45) is 6.71. The molecule has 4 aliphatic rings. The van der Waals surface area contributed by atoms with Crippen molar-refractivity contribution in [1.29, 1.82) is 0 Å². The van der Waals surface area contributed by atoms with Crippen molar-refractivity contribution in [3.63, 3.8) is 0 Å². The number of piperidine rings is 2. The number of likely N-dealkylation sites (tertiary alicyclic amines) is 2. The smallest absolute Gasteiger partial charge is 0.255 e. The Balaban J connectivity index is 0.000000232. The summed E-state index contributed by atoms with van der Waals surface area (Å²) in [6.45, 7) is 6.55. The van der Waals surface area contributed by atoms with Gasteiger partial charge in [0, 0.05) is 60.6 Å². The molecule has 378 valence electrons. The van der Waals surface area contributed by atoms with E-state index in [4.69, 9.17) is 20.0 Å². The molecule has 0 aromatic heterocycles. The third-order valence-corrected chi connectivity index (χ3v) is 19.0. The number of fused-ring (bicyclic) bond motifs is 2. The van der Waals surface area contributed by atoms with Crippen molar-refractivity contribution in [2.45, 2.75) is 61.4 Å². The fourth-order valence-corrected chi connectivity index (χ4v) is 14.4. The van der Waals surface area contributed by atoms with Crippen LogP contribution in [0.15, 0.2) is 107 Å². The third-order valence-electron chi connectivity index (χ3n) is 12.9. The third kappa shape index (κ3) is 18.4. The molecule has 0 saturated carbocycles. The van der Waals surface area contributed by atoms with Crippen LogP contribution in [0.1, 0.15) is 47.9 Å². The van der Waals surface area contributed by atoms with Crippen LogP contribution in [-0.4, -0.2) is 140 Å². The number of sulfonamides is 2. The topological polar surface area (TPSA) is 157 Å². The molecule has 68 heavy (non-hydrogen) atoms. The largest absolute Gasteiger partial charge is 0.255 e. The van der Waals surface area contributed by atoms with E-state index < -0.39 is 30.8 Å². The van der Waals surface area contributed by atoms with Crippen LogP contribution in [-0.2, 0) is 56.8 Å². The zero-order valence-electron chi connectivity index (χ0n) is 38.8. The predicted molar refractivity (Wildman–Crippen MR) is 288 cm³/mol. The molecule has 2 N–H and O–H groups in total. The van der Waals surface area contributed by atoms with E-state index in [9.17, 15) is 21.0 Å². The molecular formula is C48H66I3N4O9S4-. The number of hydrogen-bond donors (Lipinski definition) is 2. The van der Waals surface area contributed by atoms with E-state index in [1.807, 2.05) is 24.3 Å². The average Bonchev–Trinajstić information content (AvgIpc) is 3.69. The second kappa shape index (κ2) is 30.1. The molecule has 0 radical (unpaired) electrons. The minimum absolute atomic E-state index is 0.0995. The Hall–Kier alpha value is -1.17. The fraction of sp³-hybridized carbons (Fsp3) is 0.500. The first-order valence-electron chi connectivity index (χ1n) is 22.8. The Morgan fingerprint density at radius 2 is 1.09 bits per heavy atom. The van der Waals surface area contributed by atoms with E-state index in [-0.39, 0.29) is 24.6 Å². The van der Waals surface area contributed by atoms with Crippen LogP contribution in [0, 0.1) is 11.8 Å². The van der Waals surface area contributed by atoms with E-state index in [0.29, 0.717) is 67.7 Å². The number of ether oxygens (including phenoxy) is 2. The van der Waals surface area contributed by atoms with Crippen molar-refractivity contribution in [2.24, 2.45) is 11.8 Å². The first-order chi connectivity index (χ1) is 32.9. The number of halogens is 3. The minimum atomic E-state index is -3.44. The monoisotopic (exact) mass is 1350 g/mol. The van der Waals surface area contributed by atoms with E-state index in [2.05, 4.69) is 102 Å². The van der Waals surface area contributed by atoms with Crippen LogP contribution in [0.4, 0.5) is 0 Å². The first kappa shape index (κ1) is 57.7. The maximum absolute atomic E-state index is 13.1. The molecule has 20 heteroatoms. The number of rotatable bonds is 14. The van der Waals surface area contributed by atoms with E-state index >= 15 is 0 Å². The SMILES string of the molecule is COc1ccc2c(c1)CN(S(=O)(=O)CCN1CCC(Cc3ccccc3)CC1)CCS2.COc1ccc2c(c1)CN(S(=O)(=O)CCN1CCC(Cc3ccccc3)CC1)CCS2=O.I[I-]I.OO. The molecule has 4 aliphatic heterocycles. The molecular weight excluding hydrogens is 1290 g/mol. The van der Waals surface area contributed by atoms with Gasteiger partial charge in [-0.1, -0.05) is 60.7 Å². The van der Waals surface area contributed by atoms with Gasteiger partial charge in [0.25, 0.3) is 0 Å². The summed E-state index contributed by atoms with van der Waals surface area (Å²) in [5.74, 6) is 4.19. The van der Waals surface area contributed by atoms with Gasteiger partial charge in [-0.05, 0) is 135 Å². The second-order valence-corrected chi connectivity index (χ2v) is 40.2. The zero-order valence-corrected chi connectivity index (χ0v) is 48.6. The van der Waals surface area contributed by atoms with Gasteiger partial charge in [-0.25, -0.2) is 16.8 Å². The van der Waals surface area contributed by atoms with Crippen LogP contribution < -0.4 is 22.7 Å². The van der Waals surface area contributed by atoms with Crippen molar-refractivity contribution < 1.29 is 54.3 Å². The van der Waals surface area contributed by atoms with Gasteiger partial charge >= 0.3 is 50.5 Å². The number of thioether (sulfide) groups is 1. The fourth-order valence-electron chi connectivity index (χ4n) is 9.01. The number of benzene rings is 4. The number of methoxy groups -OCH3 is 2. The van der Waals surface area contributed by atoms with Crippen molar-refractivity contribution in [3.05, 3.63) is 119 Å².